The summed E-state index contributed by atoms with van der Waals surface area (Å²) < 4.78 is 0. The number of nitrogens with one attached hydrogen (secondary N) is 1. The van der Waals surface area contributed by atoms with Gasteiger partial charge in [0.05, 0.1) is 5.69 Å². The number of aromatic nitrogens is 2. The van der Waals surface area contributed by atoms with E-state index in [0.29, 0.717) is 6.04 Å². The molecule has 0 spiro atoms. The molecule has 3 nitrogen and oxygen atoms in total. The lowest BCUT2D eigenvalue weighted by atomic mass is 10.2. The quantitative estimate of drug-likeness (QED) is 0.896. The Balaban J connectivity index is 2.12. The Morgan fingerprint density at radius 2 is 2.06 bits per heavy atom. The van der Waals surface area contributed by atoms with Crippen molar-refractivity contribution in [1.82, 2.24) is 15.3 Å². The molecule has 2 aromatic heterocycles. The van der Waals surface area contributed by atoms with E-state index in [1.54, 1.807) is 11.3 Å². The Kier molecular flexibility index (Phi) is 4.44. The van der Waals surface area contributed by atoms with Crippen LogP contribution in [0.4, 0.5) is 0 Å². The first kappa shape index (κ1) is 13.2. The zero-order valence-corrected chi connectivity index (χ0v) is 11.9. The molecular weight excluding hydrogens is 242 g/mol. The van der Waals surface area contributed by atoms with Crippen molar-refractivity contribution in [2.24, 2.45) is 0 Å². The highest BCUT2D eigenvalue weighted by atomic mass is 32.1. The molecule has 2 heterocycles. The third-order valence-electron chi connectivity index (χ3n) is 3.04. The van der Waals surface area contributed by atoms with Gasteiger partial charge in [-0.25, -0.2) is 4.98 Å². The highest BCUT2D eigenvalue weighted by Crippen LogP contribution is 2.27. The fourth-order valence-corrected chi connectivity index (χ4v) is 2.64. The number of thiazole rings is 1. The van der Waals surface area contributed by atoms with E-state index in [0.717, 1.165) is 29.2 Å². The molecule has 4 heteroatoms. The second-order valence-corrected chi connectivity index (χ2v) is 5.54. The Hall–Kier alpha value is -1.26. The SMILES string of the molecule is CCC(C)NCc1sc(-c2ccncc2)nc1C. The summed E-state index contributed by atoms with van der Waals surface area (Å²) in [6.45, 7) is 7.39. The first-order valence-corrected chi connectivity index (χ1v) is 7.12. The van der Waals surface area contributed by atoms with Crippen LogP contribution in [0.15, 0.2) is 24.5 Å². The van der Waals surface area contributed by atoms with E-state index in [1.807, 2.05) is 24.5 Å². The second kappa shape index (κ2) is 6.07. The first-order valence-electron chi connectivity index (χ1n) is 6.30. The normalized spacial score (nSPS) is 12.6. The van der Waals surface area contributed by atoms with Gasteiger partial charge in [-0.2, -0.15) is 0 Å². The van der Waals surface area contributed by atoms with Crippen molar-refractivity contribution in [2.75, 3.05) is 0 Å². The lowest BCUT2D eigenvalue weighted by Crippen LogP contribution is -2.24. The van der Waals surface area contributed by atoms with Crippen molar-refractivity contribution in [3.63, 3.8) is 0 Å². The number of rotatable bonds is 5. The summed E-state index contributed by atoms with van der Waals surface area (Å²) in [6, 6.07) is 4.56. The standard InChI is InChI=1S/C14H19N3S/c1-4-10(2)16-9-13-11(3)17-14(18-13)12-5-7-15-8-6-12/h5-8,10,16H,4,9H2,1-3H3. The molecule has 1 atom stereocenters. The van der Waals surface area contributed by atoms with Crippen molar-refractivity contribution in [1.29, 1.82) is 0 Å². The van der Waals surface area contributed by atoms with Gasteiger partial charge in [0.1, 0.15) is 5.01 Å². The molecule has 0 amide bonds. The zero-order valence-electron chi connectivity index (χ0n) is 11.1. The molecule has 0 aliphatic carbocycles. The minimum Gasteiger partial charge on any atom is -0.309 e. The van der Waals surface area contributed by atoms with Crippen LogP contribution < -0.4 is 5.32 Å². The van der Waals surface area contributed by atoms with E-state index in [-0.39, 0.29) is 0 Å². The smallest absolute Gasteiger partial charge is 0.124 e. The molecule has 0 radical (unpaired) electrons. The Morgan fingerprint density at radius 1 is 1.33 bits per heavy atom. The lowest BCUT2D eigenvalue weighted by molar-refractivity contribution is 0.536. The molecule has 0 aliphatic rings. The van der Waals surface area contributed by atoms with Crippen molar-refractivity contribution < 1.29 is 0 Å². The Bertz CT molecular complexity index is 493. The highest BCUT2D eigenvalue weighted by molar-refractivity contribution is 7.15. The molecule has 0 bridgehead atoms. The lowest BCUT2D eigenvalue weighted by Gasteiger charge is -2.09. The predicted octanol–water partition coefficient (Wildman–Crippen LogP) is 3.40. The van der Waals surface area contributed by atoms with E-state index in [4.69, 9.17) is 0 Å². The van der Waals surface area contributed by atoms with Gasteiger partial charge in [0.2, 0.25) is 0 Å². The van der Waals surface area contributed by atoms with Crippen molar-refractivity contribution in [2.45, 2.75) is 39.8 Å². The molecule has 0 saturated carbocycles. The molecule has 2 aromatic rings. The van der Waals surface area contributed by atoms with Gasteiger partial charge < -0.3 is 5.32 Å². The van der Waals surface area contributed by atoms with Gasteiger partial charge in [0, 0.05) is 35.4 Å². The second-order valence-electron chi connectivity index (χ2n) is 4.45. The fraction of sp³-hybridized carbons (Fsp3) is 0.429. The van der Waals surface area contributed by atoms with E-state index >= 15 is 0 Å². The van der Waals surface area contributed by atoms with Crippen LogP contribution >= 0.6 is 11.3 Å². The number of hydrogen-bond donors (Lipinski definition) is 1. The third kappa shape index (κ3) is 3.15. The van der Waals surface area contributed by atoms with Crippen LogP contribution in [0, 0.1) is 6.92 Å². The van der Waals surface area contributed by atoms with E-state index in [2.05, 4.69) is 36.1 Å². The fourth-order valence-electron chi connectivity index (χ4n) is 1.62. The molecule has 2 rings (SSSR count). The molecule has 0 aliphatic heterocycles. The van der Waals surface area contributed by atoms with Crippen molar-refractivity contribution >= 4 is 11.3 Å². The van der Waals surface area contributed by atoms with Gasteiger partial charge in [-0.05, 0) is 32.4 Å². The van der Waals surface area contributed by atoms with E-state index in [9.17, 15) is 0 Å². The maximum absolute atomic E-state index is 4.64. The molecule has 0 fully saturated rings. The van der Waals surface area contributed by atoms with Crippen LogP contribution in [0.5, 0.6) is 0 Å². The zero-order chi connectivity index (χ0) is 13.0. The predicted molar refractivity (Wildman–Crippen MR) is 76.7 cm³/mol. The van der Waals surface area contributed by atoms with Crippen LogP contribution in [0.1, 0.15) is 30.8 Å². The first-order chi connectivity index (χ1) is 8.70. The van der Waals surface area contributed by atoms with Crippen LogP contribution in [0.25, 0.3) is 10.6 Å². The number of nitrogens with zero attached hydrogens (tertiary/aromatic N) is 2. The molecule has 1 unspecified atom stereocenters. The van der Waals surface area contributed by atoms with Crippen LogP contribution in [-0.4, -0.2) is 16.0 Å². The molecule has 1 N–H and O–H groups in total. The molecule has 18 heavy (non-hydrogen) atoms. The monoisotopic (exact) mass is 261 g/mol. The summed E-state index contributed by atoms with van der Waals surface area (Å²) in [6.07, 6.45) is 4.77. The van der Waals surface area contributed by atoms with Gasteiger partial charge in [-0.3, -0.25) is 4.98 Å². The number of aryl methyl sites for hydroxylation is 1. The number of pyridine rings is 1. The van der Waals surface area contributed by atoms with Gasteiger partial charge in [-0.1, -0.05) is 6.92 Å². The van der Waals surface area contributed by atoms with Gasteiger partial charge in [0.25, 0.3) is 0 Å². The number of hydrogen-bond acceptors (Lipinski definition) is 4. The maximum Gasteiger partial charge on any atom is 0.124 e. The summed E-state index contributed by atoms with van der Waals surface area (Å²) in [5, 5.41) is 4.59. The van der Waals surface area contributed by atoms with Crippen molar-refractivity contribution in [3.8, 4) is 10.6 Å². The van der Waals surface area contributed by atoms with Gasteiger partial charge in [-0.15, -0.1) is 11.3 Å². The van der Waals surface area contributed by atoms with Gasteiger partial charge in [0.15, 0.2) is 0 Å². The average molecular weight is 261 g/mol. The van der Waals surface area contributed by atoms with E-state index in [1.165, 1.54) is 4.88 Å². The van der Waals surface area contributed by atoms with Gasteiger partial charge >= 0.3 is 0 Å². The Morgan fingerprint density at radius 3 is 2.72 bits per heavy atom. The van der Waals surface area contributed by atoms with E-state index < -0.39 is 0 Å². The van der Waals surface area contributed by atoms with Crippen LogP contribution in [0.3, 0.4) is 0 Å². The Labute approximate surface area is 112 Å². The largest absolute Gasteiger partial charge is 0.309 e. The summed E-state index contributed by atoms with van der Waals surface area (Å²) >= 11 is 1.76. The van der Waals surface area contributed by atoms with Crippen LogP contribution in [0.2, 0.25) is 0 Å². The maximum atomic E-state index is 4.64. The summed E-state index contributed by atoms with van der Waals surface area (Å²) in [7, 11) is 0. The van der Waals surface area contributed by atoms with Crippen molar-refractivity contribution in [3.05, 3.63) is 35.1 Å². The molecule has 0 aromatic carbocycles. The minimum absolute atomic E-state index is 0.552. The topological polar surface area (TPSA) is 37.8 Å². The summed E-state index contributed by atoms with van der Waals surface area (Å²) in [4.78, 5) is 9.99. The molecule has 96 valence electrons. The molecule has 0 saturated heterocycles. The summed E-state index contributed by atoms with van der Waals surface area (Å²) in [5.74, 6) is 0. The average Bonchev–Trinajstić information content (AvgIpc) is 2.78. The molecular formula is C14H19N3S. The third-order valence-corrected chi connectivity index (χ3v) is 4.25. The van der Waals surface area contributed by atoms with Crippen LogP contribution in [-0.2, 0) is 6.54 Å². The summed E-state index contributed by atoms with van der Waals surface area (Å²) in [5.41, 5.74) is 2.27. The minimum atomic E-state index is 0.552. The highest BCUT2D eigenvalue weighted by Gasteiger charge is 2.09.